The lowest BCUT2D eigenvalue weighted by Gasteiger charge is -1.97. The Morgan fingerprint density at radius 2 is 2.42 bits per heavy atom. The molecule has 60 valence electrons. The minimum absolute atomic E-state index is 0.0194. The molecular weight excluding hydrogens is 180 g/mol. The minimum atomic E-state index is -0.885. The van der Waals surface area contributed by atoms with E-state index in [1.807, 2.05) is 0 Å². The maximum Gasteiger partial charge on any atom is 0.274 e. The second kappa shape index (κ2) is 3.20. The molecule has 1 aromatic heterocycles. The third kappa shape index (κ3) is 1.36. The molecule has 0 bridgehead atoms. The van der Waals surface area contributed by atoms with E-state index in [0.29, 0.717) is 0 Å². The van der Waals surface area contributed by atoms with Gasteiger partial charge in [-0.2, -0.15) is 5.26 Å². The van der Waals surface area contributed by atoms with Crippen LogP contribution in [0.4, 0.5) is 0 Å². The van der Waals surface area contributed by atoms with Gasteiger partial charge in [0.25, 0.3) is 5.24 Å². The molecule has 0 spiro atoms. The van der Waals surface area contributed by atoms with Crippen LogP contribution in [0.3, 0.4) is 0 Å². The quantitative estimate of drug-likeness (QED) is 0.659. The van der Waals surface area contributed by atoms with Crippen LogP contribution in [0.2, 0.25) is 0 Å². The minimum Gasteiger partial charge on any atom is -0.504 e. The lowest BCUT2D eigenvalue weighted by Crippen LogP contribution is -1.95. The number of nitriles is 1. The predicted molar refractivity (Wildman–Crippen MR) is 40.8 cm³/mol. The summed E-state index contributed by atoms with van der Waals surface area (Å²) in [5, 5.41) is 16.7. The first kappa shape index (κ1) is 8.50. The zero-order valence-corrected chi connectivity index (χ0v) is 6.54. The lowest BCUT2D eigenvalue weighted by atomic mass is 10.2. The molecule has 0 amide bonds. The van der Waals surface area contributed by atoms with Gasteiger partial charge in [0.1, 0.15) is 6.07 Å². The van der Waals surface area contributed by atoms with E-state index in [1.54, 1.807) is 6.07 Å². The maximum absolute atomic E-state index is 10.6. The van der Waals surface area contributed by atoms with Gasteiger partial charge in [-0.05, 0) is 17.7 Å². The summed E-state index contributed by atoms with van der Waals surface area (Å²) in [6, 6.07) is 2.98. The summed E-state index contributed by atoms with van der Waals surface area (Å²) in [5.41, 5.74) is -0.315. The van der Waals surface area contributed by atoms with Crippen LogP contribution >= 0.6 is 11.6 Å². The summed E-state index contributed by atoms with van der Waals surface area (Å²) in [4.78, 5) is 14.1. The number of carbonyl (C=O) groups excluding carboxylic acids is 1. The van der Waals surface area contributed by atoms with Crippen LogP contribution in [-0.4, -0.2) is 15.3 Å². The van der Waals surface area contributed by atoms with Crippen molar-refractivity contribution in [3.8, 4) is 11.8 Å². The van der Waals surface area contributed by atoms with Gasteiger partial charge in [0.05, 0.1) is 5.56 Å². The monoisotopic (exact) mass is 182 g/mol. The molecule has 1 heterocycles. The number of rotatable bonds is 1. The van der Waals surface area contributed by atoms with Gasteiger partial charge in [-0.1, -0.05) is 0 Å². The van der Waals surface area contributed by atoms with Gasteiger partial charge < -0.3 is 5.11 Å². The summed E-state index contributed by atoms with van der Waals surface area (Å²) >= 11 is 5.07. The largest absolute Gasteiger partial charge is 0.504 e. The van der Waals surface area contributed by atoms with Gasteiger partial charge in [0.2, 0.25) is 0 Å². The number of aromatic nitrogens is 1. The molecule has 0 fully saturated rings. The Labute approximate surface area is 73.0 Å². The van der Waals surface area contributed by atoms with Crippen molar-refractivity contribution in [2.75, 3.05) is 0 Å². The molecule has 12 heavy (non-hydrogen) atoms. The fraction of sp³-hybridized carbons (Fsp3) is 0. The SMILES string of the molecule is N#Cc1ccnc(C(=O)Cl)c1O. The number of aromatic hydroxyl groups is 1. The maximum atomic E-state index is 10.6. The average molecular weight is 183 g/mol. The number of halogens is 1. The Morgan fingerprint density at radius 1 is 1.75 bits per heavy atom. The summed E-state index contributed by atoms with van der Waals surface area (Å²) in [6.07, 6.45) is 1.23. The molecule has 0 aliphatic carbocycles. The molecule has 4 nitrogen and oxygen atoms in total. The van der Waals surface area contributed by atoms with Gasteiger partial charge in [0.15, 0.2) is 11.4 Å². The molecule has 1 aromatic rings. The third-order valence-corrected chi connectivity index (χ3v) is 1.41. The molecule has 0 atom stereocenters. The first-order valence-electron chi connectivity index (χ1n) is 2.94. The van der Waals surface area contributed by atoms with Crippen LogP contribution < -0.4 is 0 Å². The van der Waals surface area contributed by atoms with Gasteiger partial charge >= 0.3 is 0 Å². The predicted octanol–water partition coefficient (Wildman–Crippen LogP) is 1.04. The highest BCUT2D eigenvalue weighted by molar-refractivity contribution is 6.67. The zero-order chi connectivity index (χ0) is 9.14. The Hall–Kier alpha value is -1.60. The van der Waals surface area contributed by atoms with Gasteiger partial charge in [-0.3, -0.25) is 4.79 Å². The third-order valence-electron chi connectivity index (χ3n) is 1.23. The first-order valence-corrected chi connectivity index (χ1v) is 3.32. The van der Waals surface area contributed by atoms with Gasteiger partial charge in [0, 0.05) is 6.20 Å². The Morgan fingerprint density at radius 3 is 2.92 bits per heavy atom. The summed E-state index contributed by atoms with van der Waals surface area (Å²) in [5.74, 6) is -0.472. The Kier molecular flexibility index (Phi) is 2.26. The van der Waals surface area contributed by atoms with Crippen molar-refractivity contribution in [3.63, 3.8) is 0 Å². The number of hydrogen-bond donors (Lipinski definition) is 1. The van der Waals surface area contributed by atoms with Crippen LogP contribution in [0.5, 0.6) is 5.75 Å². The highest BCUT2D eigenvalue weighted by atomic mass is 35.5. The normalized spacial score (nSPS) is 9.00. The lowest BCUT2D eigenvalue weighted by molar-refractivity contribution is 0.107. The molecule has 0 aromatic carbocycles. The van der Waals surface area contributed by atoms with E-state index in [-0.39, 0.29) is 11.3 Å². The van der Waals surface area contributed by atoms with Gasteiger partial charge in [-0.25, -0.2) is 4.98 Å². The Bertz CT molecular complexity index is 370. The molecule has 0 saturated heterocycles. The molecule has 0 unspecified atom stereocenters. The van der Waals surface area contributed by atoms with E-state index in [9.17, 15) is 4.79 Å². The number of pyridine rings is 1. The fourth-order valence-corrected chi connectivity index (χ4v) is 0.826. The van der Waals surface area contributed by atoms with E-state index in [2.05, 4.69) is 4.98 Å². The number of nitrogens with zero attached hydrogens (tertiary/aromatic N) is 2. The van der Waals surface area contributed by atoms with Crippen LogP contribution in [0.25, 0.3) is 0 Å². The molecule has 1 N–H and O–H groups in total. The van der Waals surface area contributed by atoms with E-state index < -0.39 is 11.0 Å². The zero-order valence-electron chi connectivity index (χ0n) is 5.78. The van der Waals surface area contributed by atoms with Crippen molar-refractivity contribution in [1.29, 1.82) is 5.26 Å². The van der Waals surface area contributed by atoms with Crippen molar-refractivity contribution < 1.29 is 9.90 Å². The molecule has 0 radical (unpaired) electrons. The van der Waals surface area contributed by atoms with E-state index in [0.717, 1.165) is 0 Å². The Balaban J connectivity index is 3.35. The van der Waals surface area contributed by atoms with Gasteiger partial charge in [-0.15, -0.1) is 0 Å². The van der Waals surface area contributed by atoms with E-state index in [1.165, 1.54) is 12.3 Å². The smallest absolute Gasteiger partial charge is 0.274 e. The van der Waals surface area contributed by atoms with Crippen molar-refractivity contribution in [3.05, 3.63) is 23.5 Å². The molecule has 0 aliphatic heterocycles. The molecule has 5 heteroatoms. The van der Waals surface area contributed by atoms with Crippen molar-refractivity contribution in [2.45, 2.75) is 0 Å². The van der Waals surface area contributed by atoms with Crippen LogP contribution in [0.1, 0.15) is 16.1 Å². The van der Waals surface area contributed by atoms with Crippen LogP contribution in [-0.2, 0) is 0 Å². The van der Waals surface area contributed by atoms with Crippen molar-refractivity contribution in [1.82, 2.24) is 4.98 Å². The van der Waals surface area contributed by atoms with Crippen LogP contribution in [0.15, 0.2) is 12.3 Å². The molecular formula is C7H3ClN2O2. The topological polar surface area (TPSA) is 74.0 Å². The molecule has 0 saturated carbocycles. The number of hydrogen-bond acceptors (Lipinski definition) is 4. The second-order valence-corrected chi connectivity index (χ2v) is 2.28. The van der Waals surface area contributed by atoms with Crippen LogP contribution in [0, 0.1) is 11.3 Å². The molecule has 1 rings (SSSR count). The van der Waals surface area contributed by atoms with Crippen molar-refractivity contribution >= 4 is 16.8 Å². The van der Waals surface area contributed by atoms with Crippen molar-refractivity contribution in [2.24, 2.45) is 0 Å². The summed E-state index contributed by atoms with van der Waals surface area (Å²) in [6.45, 7) is 0. The fourth-order valence-electron chi connectivity index (χ4n) is 0.688. The summed E-state index contributed by atoms with van der Waals surface area (Å²) in [7, 11) is 0. The highest BCUT2D eigenvalue weighted by Crippen LogP contribution is 2.20. The average Bonchev–Trinajstić information content (AvgIpc) is 2.04. The highest BCUT2D eigenvalue weighted by Gasteiger charge is 2.12. The van der Waals surface area contributed by atoms with E-state index >= 15 is 0 Å². The second-order valence-electron chi connectivity index (χ2n) is 1.94. The van der Waals surface area contributed by atoms with E-state index in [4.69, 9.17) is 22.0 Å². The number of carbonyl (C=O) groups is 1. The first-order chi connectivity index (χ1) is 5.66. The molecule has 0 aliphatic rings. The summed E-state index contributed by atoms with van der Waals surface area (Å²) < 4.78 is 0. The standard InChI is InChI=1S/C7H3ClN2O2/c8-7(12)5-6(11)4(3-9)1-2-10-5/h1-2,11H.